The van der Waals surface area contributed by atoms with Gasteiger partial charge in [0.05, 0.1) is 0 Å². The van der Waals surface area contributed by atoms with E-state index in [0.29, 0.717) is 11.8 Å². The molecule has 150 valence electrons. The minimum Gasteiger partial charge on any atom is -0.449 e. The van der Waals surface area contributed by atoms with E-state index in [2.05, 4.69) is 29.6 Å². The molecule has 0 saturated heterocycles. The highest BCUT2D eigenvalue weighted by Gasteiger charge is 2.28. The Balaban J connectivity index is 1.33. The number of amides is 1. The van der Waals surface area contributed by atoms with Crippen molar-refractivity contribution in [2.45, 2.75) is 5.92 Å². The van der Waals surface area contributed by atoms with Gasteiger partial charge in [-0.15, -0.1) is 0 Å². The molecule has 3 aromatic carbocycles. The average molecular weight is 401 g/mol. The SMILES string of the molecule is O=Cc1ccc(C=CCNC(=O)OCC2c3ccccc3-c3ccccc32)c(F)c1. The van der Waals surface area contributed by atoms with Crippen LogP contribution in [0.25, 0.3) is 17.2 Å². The molecule has 5 heteroatoms. The van der Waals surface area contributed by atoms with E-state index in [0.717, 1.165) is 11.1 Å². The molecule has 1 amide bonds. The smallest absolute Gasteiger partial charge is 0.407 e. The van der Waals surface area contributed by atoms with Crippen LogP contribution in [-0.2, 0) is 4.74 Å². The fourth-order valence-corrected chi connectivity index (χ4v) is 3.73. The topological polar surface area (TPSA) is 55.4 Å². The first-order chi connectivity index (χ1) is 14.7. The summed E-state index contributed by atoms with van der Waals surface area (Å²) >= 11 is 0. The first-order valence-corrected chi connectivity index (χ1v) is 9.67. The molecule has 0 spiro atoms. The van der Waals surface area contributed by atoms with Gasteiger partial charge in [-0.1, -0.05) is 72.8 Å². The zero-order chi connectivity index (χ0) is 20.9. The van der Waals surface area contributed by atoms with Gasteiger partial charge in [0.25, 0.3) is 0 Å². The monoisotopic (exact) mass is 401 g/mol. The Morgan fingerprint density at radius 3 is 2.30 bits per heavy atom. The van der Waals surface area contributed by atoms with Crippen LogP contribution < -0.4 is 5.32 Å². The molecule has 0 bridgehead atoms. The number of carbonyl (C=O) groups excluding carboxylic acids is 2. The van der Waals surface area contributed by atoms with Crippen LogP contribution in [0.3, 0.4) is 0 Å². The van der Waals surface area contributed by atoms with Gasteiger partial charge in [0.2, 0.25) is 0 Å². The van der Waals surface area contributed by atoms with Crippen LogP contribution in [0, 0.1) is 5.82 Å². The van der Waals surface area contributed by atoms with E-state index < -0.39 is 11.9 Å². The summed E-state index contributed by atoms with van der Waals surface area (Å²) in [6.45, 7) is 0.441. The van der Waals surface area contributed by atoms with Crippen molar-refractivity contribution in [2.75, 3.05) is 13.2 Å². The van der Waals surface area contributed by atoms with E-state index in [-0.39, 0.29) is 24.6 Å². The van der Waals surface area contributed by atoms with Gasteiger partial charge < -0.3 is 10.1 Å². The molecular weight excluding hydrogens is 381 g/mol. The molecule has 1 aliphatic carbocycles. The molecule has 0 heterocycles. The van der Waals surface area contributed by atoms with Crippen molar-refractivity contribution in [2.24, 2.45) is 0 Å². The van der Waals surface area contributed by atoms with Crippen molar-refractivity contribution in [1.29, 1.82) is 0 Å². The van der Waals surface area contributed by atoms with Gasteiger partial charge in [0, 0.05) is 23.6 Å². The largest absolute Gasteiger partial charge is 0.449 e. The summed E-state index contributed by atoms with van der Waals surface area (Å²) in [7, 11) is 0. The second kappa shape index (κ2) is 8.74. The fraction of sp³-hybridized carbons (Fsp3) is 0.120. The maximum absolute atomic E-state index is 13.8. The minimum atomic E-state index is -0.529. The number of halogens is 1. The van der Waals surface area contributed by atoms with E-state index in [1.165, 1.54) is 29.3 Å². The molecule has 30 heavy (non-hydrogen) atoms. The third kappa shape index (κ3) is 4.01. The van der Waals surface area contributed by atoms with Crippen molar-refractivity contribution in [1.82, 2.24) is 5.32 Å². The van der Waals surface area contributed by atoms with Crippen LogP contribution in [0.2, 0.25) is 0 Å². The van der Waals surface area contributed by atoms with Gasteiger partial charge in [-0.05, 0) is 28.3 Å². The molecule has 0 saturated carbocycles. The van der Waals surface area contributed by atoms with Gasteiger partial charge in [0.15, 0.2) is 0 Å². The normalized spacial score (nSPS) is 12.4. The molecule has 0 radical (unpaired) electrons. The second-order valence-electron chi connectivity index (χ2n) is 7.01. The molecule has 3 aromatic rings. The first-order valence-electron chi connectivity index (χ1n) is 9.67. The zero-order valence-corrected chi connectivity index (χ0v) is 16.2. The molecule has 4 nitrogen and oxygen atoms in total. The second-order valence-corrected chi connectivity index (χ2v) is 7.01. The number of hydrogen-bond donors (Lipinski definition) is 1. The summed E-state index contributed by atoms with van der Waals surface area (Å²) < 4.78 is 19.3. The van der Waals surface area contributed by atoms with Crippen molar-refractivity contribution in [3.63, 3.8) is 0 Å². The Hall–Kier alpha value is -3.73. The molecule has 1 N–H and O–H groups in total. The number of ether oxygens (including phenoxy) is 1. The Morgan fingerprint density at radius 2 is 1.67 bits per heavy atom. The summed E-state index contributed by atoms with van der Waals surface area (Å²) in [6, 6.07) is 20.5. The zero-order valence-electron chi connectivity index (χ0n) is 16.2. The third-order valence-corrected chi connectivity index (χ3v) is 5.17. The third-order valence-electron chi connectivity index (χ3n) is 5.17. The Bertz CT molecular complexity index is 1080. The van der Waals surface area contributed by atoms with Crippen molar-refractivity contribution >= 4 is 18.5 Å². The van der Waals surface area contributed by atoms with Crippen molar-refractivity contribution in [3.8, 4) is 11.1 Å². The Morgan fingerprint density at radius 1 is 1.00 bits per heavy atom. The number of nitrogens with one attached hydrogen (secondary N) is 1. The average Bonchev–Trinajstić information content (AvgIpc) is 3.10. The summed E-state index contributed by atoms with van der Waals surface area (Å²) in [6.07, 6.45) is 3.24. The van der Waals surface area contributed by atoms with Crippen LogP contribution in [0.4, 0.5) is 9.18 Å². The molecule has 0 aromatic heterocycles. The van der Waals surface area contributed by atoms with Crippen LogP contribution in [0.5, 0.6) is 0 Å². The molecule has 1 aliphatic rings. The summed E-state index contributed by atoms with van der Waals surface area (Å²) in [5, 5.41) is 2.64. The Labute approximate surface area is 174 Å². The molecule has 4 rings (SSSR count). The highest BCUT2D eigenvalue weighted by atomic mass is 19.1. The summed E-state index contributed by atoms with van der Waals surface area (Å²) in [5.41, 5.74) is 5.28. The fourth-order valence-electron chi connectivity index (χ4n) is 3.73. The van der Waals surface area contributed by atoms with Crippen LogP contribution >= 0.6 is 0 Å². The number of hydrogen-bond acceptors (Lipinski definition) is 3. The van der Waals surface area contributed by atoms with Crippen molar-refractivity contribution < 1.29 is 18.7 Å². The highest BCUT2D eigenvalue weighted by Crippen LogP contribution is 2.44. The van der Waals surface area contributed by atoms with Crippen LogP contribution in [0.1, 0.15) is 33.0 Å². The number of rotatable bonds is 6. The number of benzene rings is 3. The first kappa shape index (κ1) is 19.6. The van der Waals surface area contributed by atoms with Crippen LogP contribution in [-0.4, -0.2) is 25.5 Å². The summed E-state index contributed by atoms with van der Waals surface area (Å²) in [5.74, 6) is -0.485. The lowest BCUT2D eigenvalue weighted by atomic mass is 9.98. The van der Waals surface area contributed by atoms with E-state index in [4.69, 9.17) is 4.74 Å². The van der Waals surface area contributed by atoms with E-state index in [9.17, 15) is 14.0 Å². The van der Waals surface area contributed by atoms with Gasteiger partial charge in [-0.3, -0.25) is 4.79 Å². The maximum atomic E-state index is 13.8. The van der Waals surface area contributed by atoms with E-state index >= 15 is 0 Å². The molecule has 0 fully saturated rings. The lowest BCUT2D eigenvalue weighted by Gasteiger charge is -2.14. The van der Waals surface area contributed by atoms with Crippen molar-refractivity contribution in [3.05, 3.63) is 101 Å². The van der Waals surface area contributed by atoms with Gasteiger partial charge >= 0.3 is 6.09 Å². The van der Waals surface area contributed by atoms with E-state index in [1.54, 1.807) is 12.2 Å². The number of fused-ring (bicyclic) bond motifs is 3. The van der Waals surface area contributed by atoms with Crippen LogP contribution in [0.15, 0.2) is 72.8 Å². The van der Waals surface area contributed by atoms with Gasteiger partial charge in [-0.2, -0.15) is 0 Å². The maximum Gasteiger partial charge on any atom is 0.407 e. The molecule has 0 aliphatic heterocycles. The molecular formula is C25H20FNO3. The standard InChI is InChI=1S/C25H20FNO3/c26-24-14-17(15-28)11-12-18(24)6-5-13-27-25(29)30-16-23-21-9-3-1-7-19(21)20-8-2-4-10-22(20)23/h1-12,14-15,23H,13,16H2,(H,27,29). The number of carbonyl (C=O) groups is 2. The summed E-state index contributed by atoms with van der Waals surface area (Å²) in [4.78, 5) is 22.8. The number of alkyl carbamates (subject to hydrolysis) is 1. The van der Waals surface area contributed by atoms with Gasteiger partial charge in [0.1, 0.15) is 18.7 Å². The molecule has 0 atom stereocenters. The quantitative estimate of drug-likeness (QED) is 0.579. The highest BCUT2D eigenvalue weighted by molar-refractivity contribution is 5.79. The van der Waals surface area contributed by atoms with Gasteiger partial charge in [-0.25, -0.2) is 9.18 Å². The Kier molecular flexibility index (Phi) is 5.70. The lowest BCUT2D eigenvalue weighted by molar-refractivity contribution is 0.112. The number of aldehydes is 1. The van der Waals surface area contributed by atoms with E-state index in [1.807, 2.05) is 24.3 Å². The predicted molar refractivity (Wildman–Crippen MR) is 114 cm³/mol. The minimum absolute atomic E-state index is 0.00382. The lowest BCUT2D eigenvalue weighted by Crippen LogP contribution is -2.26. The predicted octanol–water partition coefficient (Wildman–Crippen LogP) is 5.19. The molecule has 0 unspecified atom stereocenters.